The summed E-state index contributed by atoms with van der Waals surface area (Å²) in [6.45, 7) is 0.747. The van der Waals surface area contributed by atoms with Crippen LogP contribution in [0.15, 0.2) is 67.3 Å². The number of nitrogens with one attached hydrogen (secondary N) is 2. The topological polar surface area (TPSA) is 133 Å². The van der Waals surface area contributed by atoms with Crippen molar-refractivity contribution < 1.29 is 37.0 Å². The standard InChI is InChI=1S/C32H34F3N7O5/c1-45-22-7-4-20(5-8-22)15-28(43)41-13-11-37-24(18-41)29(30(44)38-17-21-6-9-25(46-2)26(14-21)47-3)23-16-27(32(33,34)35)40-31(39-23)42-12-10-36-19-42/h4-10,12,14,16,19,24,29,37H,11,13,15,17-18H2,1-3H3,(H,38,44). The first-order valence-electron chi connectivity index (χ1n) is 14.7. The van der Waals surface area contributed by atoms with E-state index in [1.165, 1.54) is 37.5 Å². The number of rotatable bonds is 11. The van der Waals surface area contributed by atoms with Crippen LogP contribution in [0.1, 0.15) is 28.4 Å². The van der Waals surface area contributed by atoms with Gasteiger partial charge in [-0.05, 0) is 41.5 Å². The Hall–Kier alpha value is -5.18. The molecule has 0 bridgehead atoms. The van der Waals surface area contributed by atoms with Crippen molar-refractivity contribution in [3.63, 3.8) is 0 Å². The number of nitrogens with zero attached hydrogens (tertiary/aromatic N) is 5. The molecule has 0 radical (unpaired) electrons. The fourth-order valence-electron chi connectivity index (χ4n) is 5.32. The lowest BCUT2D eigenvalue weighted by Crippen LogP contribution is -2.57. The summed E-state index contributed by atoms with van der Waals surface area (Å²) in [5.74, 6) is -0.714. The lowest BCUT2D eigenvalue weighted by molar-refractivity contribution is -0.141. The number of carbonyl (C=O) groups excluding carboxylic acids is 2. The van der Waals surface area contributed by atoms with E-state index in [1.807, 2.05) is 0 Å². The van der Waals surface area contributed by atoms with Crippen LogP contribution in [0.2, 0.25) is 0 Å². The second-order valence-electron chi connectivity index (χ2n) is 10.8. The molecule has 2 aromatic heterocycles. The van der Waals surface area contributed by atoms with Crippen molar-refractivity contribution in [1.82, 2.24) is 35.1 Å². The molecule has 15 heteroatoms. The van der Waals surface area contributed by atoms with Gasteiger partial charge < -0.3 is 29.7 Å². The molecule has 2 atom stereocenters. The predicted molar refractivity (Wildman–Crippen MR) is 163 cm³/mol. The number of methoxy groups -OCH3 is 3. The van der Waals surface area contributed by atoms with Crippen LogP contribution in [0.4, 0.5) is 13.2 Å². The summed E-state index contributed by atoms with van der Waals surface area (Å²) in [4.78, 5) is 41.0. The van der Waals surface area contributed by atoms with Crippen LogP contribution in [-0.4, -0.2) is 83.2 Å². The minimum absolute atomic E-state index is 0.0358. The molecule has 1 aliphatic heterocycles. The molecule has 1 saturated heterocycles. The first-order valence-corrected chi connectivity index (χ1v) is 14.7. The minimum atomic E-state index is -4.83. The molecule has 0 spiro atoms. The predicted octanol–water partition coefficient (Wildman–Crippen LogP) is 3.15. The molecule has 248 valence electrons. The summed E-state index contributed by atoms with van der Waals surface area (Å²) in [6, 6.07) is 12.2. The second-order valence-corrected chi connectivity index (χ2v) is 10.8. The Bertz CT molecular complexity index is 1680. The zero-order chi connectivity index (χ0) is 33.6. The Morgan fingerprint density at radius 1 is 1.00 bits per heavy atom. The fraction of sp³-hybridized carbons (Fsp3) is 0.344. The van der Waals surface area contributed by atoms with Gasteiger partial charge in [0.2, 0.25) is 17.8 Å². The monoisotopic (exact) mass is 653 g/mol. The fourth-order valence-corrected chi connectivity index (χ4v) is 5.32. The van der Waals surface area contributed by atoms with Crippen LogP contribution < -0.4 is 24.8 Å². The van der Waals surface area contributed by atoms with Crippen LogP contribution in [0, 0.1) is 0 Å². The summed E-state index contributed by atoms with van der Waals surface area (Å²) in [5.41, 5.74) is 0.0565. The molecule has 2 amide bonds. The average molecular weight is 654 g/mol. The number of amides is 2. The smallest absolute Gasteiger partial charge is 0.433 e. The van der Waals surface area contributed by atoms with Crippen molar-refractivity contribution in [2.75, 3.05) is 41.0 Å². The van der Waals surface area contributed by atoms with E-state index in [-0.39, 0.29) is 37.1 Å². The number of aromatic nitrogens is 4. The summed E-state index contributed by atoms with van der Waals surface area (Å²) >= 11 is 0. The summed E-state index contributed by atoms with van der Waals surface area (Å²) in [7, 11) is 4.54. The second kappa shape index (κ2) is 14.5. The Kier molecular flexibility index (Phi) is 10.2. The molecule has 2 N–H and O–H groups in total. The highest BCUT2D eigenvalue weighted by Gasteiger charge is 2.39. The van der Waals surface area contributed by atoms with E-state index < -0.39 is 29.7 Å². The summed E-state index contributed by atoms with van der Waals surface area (Å²) < 4.78 is 59.4. The van der Waals surface area contributed by atoms with Crippen LogP contribution >= 0.6 is 0 Å². The van der Waals surface area contributed by atoms with Gasteiger partial charge in [0.05, 0.1) is 39.4 Å². The van der Waals surface area contributed by atoms with Gasteiger partial charge in [0.25, 0.3) is 0 Å². The molecular weight excluding hydrogens is 619 g/mol. The van der Waals surface area contributed by atoms with Gasteiger partial charge in [-0.15, -0.1) is 0 Å². The molecular formula is C32H34F3N7O5. The van der Waals surface area contributed by atoms with Crippen LogP contribution in [0.25, 0.3) is 5.95 Å². The molecule has 0 aliphatic carbocycles. The van der Waals surface area contributed by atoms with E-state index in [0.29, 0.717) is 35.9 Å². The number of ether oxygens (including phenoxy) is 3. The van der Waals surface area contributed by atoms with Gasteiger partial charge in [-0.1, -0.05) is 18.2 Å². The number of hydrogen-bond donors (Lipinski definition) is 2. The quantitative estimate of drug-likeness (QED) is 0.251. The van der Waals surface area contributed by atoms with Gasteiger partial charge in [0.15, 0.2) is 11.5 Å². The van der Waals surface area contributed by atoms with E-state index in [2.05, 4.69) is 25.6 Å². The zero-order valence-corrected chi connectivity index (χ0v) is 26.0. The highest BCUT2D eigenvalue weighted by Crippen LogP contribution is 2.32. The van der Waals surface area contributed by atoms with Gasteiger partial charge in [0.1, 0.15) is 17.8 Å². The van der Waals surface area contributed by atoms with Gasteiger partial charge >= 0.3 is 6.18 Å². The van der Waals surface area contributed by atoms with Gasteiger partial charge in [-0.25, -0.2) is 15.0 Å². The third-order valence-corrected chi connectivity index (χ3v) is 7.75. The molecule has 3 heterocycles. The van der Waals surface area contributed by atoms with Crippen molar-refractivity contribution in [3.05, 3.63) is 89.8 Å². The van der Waals surface area contributed by atoms with Crippen LogP contribution in [0.3, 0.4) is 0 Å². The number of alkyl halides is 3. The molecule has 4 aromatic rings. The minimum Gasteiger partial charge on any atom is -0.497 e. The van der Waals surface area contributed by atoms with E-state index in [9.17, 15) is 22.8 Å². The van der Waals surface area contributed by atoms with Gasteiger partial charge in [-0.2, -0.15) is 13.2 Å². The molecule has 12 nitrogen and oxygen atoms in total. The van der Waals surface area contributed by atoms with Crippen molar-refractivity contribution >= 4 is 11.8 Å². The molecule has 1 aliphatic rings. The van der Waals surface area contributed by atoms with Crippen molar-refractivity contribution in [3.8, 4) is 23.2 Å². The summed E-state index contributed by atoms with van der Waals surface area (Å²) in [6.07, 6.45) is -0.670. The molecule has 0 saturated carbocycles. The Morgan fingerprint density at radius 2 is 1.74 bits per heavy atom. The first-order chi connectivity index (χ1) is 22.6. The first kappa shape index (κ1) is 33.2. The third-order valence-electron chi connectivity index (χ3n) is 7.75. The average Bonchev–Trinajstić information content (AvgIpc) is 3.63. The van der Waals surface area contributed by atoms with Crippen molar-refractivity contribution in [2.24, 2.45) is 0 Å². The zero-order valence-electron chi connectivity index (χ0n) is 26.0. The maximum atomic E-state index is 14.1. The Morgan fingerprint density at radius 3 is 2.40 bits per heavy atom. The van der Waals surface area contributed by atoms with E-state index in [1.54, 1.807) is 54.5 Å². The Labute approximate surface area is 268 Å². The number of benzene rings is 2. The lowest BCUT2D eigenvalue weighted by Gasteiger charge is -2.37. The molecule has 1 fully saturated rings. The summed E-state index contributed by atoms with van der Waals surface area (Å²) in [5, 5.41) is 6.08. The molecule has 2 unspecified atom stereocenters. The van der Waals surface area contributed by atoms with E-state index >= 15 is 0 Å². The van der Waals surface area contributed by atoms with Crippen LogP contribution in [0.5, 0.6) is 17.2 Å². The van der Waals surface area contributed by atoms with Gasteiger partial charge in [-0.3, -0.25) is 14.2 Å². The number of piperazine rings is 1. The number of hydrogen-bond acceptors (Lipinski definition) is 9. The number of carbonyl (C=O) groups is 2. The molecule has 47 heavy (non-hydrogen) atoms. The highest BCUT2D eigenvalue weighted by atomic mass is 19.4. The molecule has 5 rings (SSSR count). The number of imidazole rings is 1. The largest absolute Gasteiger partial charge is 0.497 e. The van der Waals surface area contributed by atoms with Crippen molar-refractivity contribution in [2.45, 2.75) is 31.1 Å². The van der Waals surface area contributed by atoms with Gasteiger partial charge in [0, 0.05) is 44.6 Å². The normalized spacial score (nSPS) is 15.5. The third kappa shape index (κ3) is 7.98. The molecule has 2 aromatic carbocycles. The van der Waals surface area contributed by atoms with Crippen LogP contribution in [-0.2, 0) is 28.7 Å². The highest BCUT2D eigenvalue weighted by molar-refractivity contribution is 5.85. The SMILES string of the molecule is COc1ccc(CC(=O)N2CCNC(C(C(=O)NCc3ccc(OC)c(OC)c3)c3cc(C(F)(F)F)nc(-n4ccnc4)n3)C2)cc1. The maximum Gasteiger partial charge on any atom is 0.433 e. The van der Waals surface area contributed by atoms with E-state index in [0.717, 1.165) is 11.6 Å². The van der Waals surface area contributed by atoms with Crippen molar-refractivity contribution in [1.29, 1.82) is 0 Å². The number of halogens is 3. The maximum absolute atomic E-state index is 14.1. The van der Waals surface area contributed by atoms with E-state index in [4.69, 9.17) is 14.2 Å². The lowest BCUT2D eigenvalue weighted by atomic mass is 9.92. The Balaban J connectivity index is 1.46.